The Morgan fingerprint density at radius 1 is 1.41 bits per heavy atom. The Balaban J connectivity index is 2.44. The molecule has 0 aliphatic carbocycles. The number of nitrogens with two attached hydrogens (primary N) is 1. The van der Waals surface area contributed by atoms with E-state index in [9.17, 15) is 4.39 Å². The molecule has 1 heterocycles. The minimum atomic E-state index is -0.207. The number of hydrogen-bond donors (Lipinski definition) is 2. The second-order valence-electron chi connectivity index (χ2n) is 4.22. The van der Waals surface area contributed by atoms with Crippen LogP contribution >= 0.6 is 11.3 Å². The standard InChI is InChI=1S/C13H15FN2S/c1-8(2)5-11(16-15)13-7-9-6-10(14)3-4-12(9)17-13/h3-7,11,16H,15H2,1-2H3. The number of fused-ring (bicyclic) bond motifs is 1. The van der Waals surface area contributed by atoms with Crippen molar-refractivity contribution in [1.82, 2.24) is 5.43 Å². The van der Waals surface area contributed by atoms with Gasteiger partial charge in [0.1, 0.15) is 5.82 Å². The Morgan fingerprint density at radius 3 is 2.82 bits per heavy atom. The van der Waals surface area contributed by atoms with Crippen molar-refractivity contribution in [2.75, 3.05) is 0 Å². The van der Waals surface area contributed by atoms with Gasteiger partial charge in [-0.2, -0.15) is 0 Å². The predicted molar refractivity (Wildman–Crippen MR) is 71.3 cm³/mol. The van der Waals surface area contributed by atoms with Crippen LogP contribution in [0.2, 0.25) is 0 Å². The van der Waals surface area contributed by atoms with Gasteiger partial charge in [0.15, 0.2) is 0 Å². The third-order valence-electron chi connectivity index (χ3n) is 2.48. The Morgan fingerprint density at radius 2 is 2.18 bits per heavy atom. The molecular weight excluding hydrogens is 235 g/mol. The molecule has 2 rings (SSSR count). The Hall–Kier alpha value is -1.23. The summed E-state index contributed by atoms with van der Waals surface area (Å²) < 4.78 is 14.2. The molecule has 0 amide bonds. The van der Waals surface area contributed by atoms with Crippen molar-refractivity contribution in [3.05, 3.63) is 46.6 Å². The second kappa shape index (κ2) is 4.96. The van der Waals surface area contributed by atoms with Crippen LogP contribution in [0.4, 0.5) is 4.39 Å². The summed E-state index contributed by atoms with van der Waals surface area (Å²) in [6.07, 6.45) is 2.06. The zero-order chi connectivity index (χ0) is 12.4. The van der Waals surface area contributed by atoms with E-state index >= 15 is 0 Å². The summed E-state index contributed by atoms with van der Waals surface area (Å²) in [5.74, 6) is 5.34. The van der Waals surface area contributed by atoms with Crippen molar-refractivity contribution < 1.29 is 4.39 Å². The third kappa shape index (κ3) is 2.72. The van der Waals surface area contributed by atoms with E-state index in [-0.39, 0.29) is 11.9 Å². The van der Waals surface area contributed by atoms with Crippen LogP contribution in [0.3, 0.4) is 0 Å². The van der Waals surface area contributed by atoms with E-state index in [1.807, 2.05) is 19.9 Å². The number of hydrazine groups is 1. The summed E-state index contributed by atoms with van der Waals surface area (Å²) in [6, 6.07) is 6.79. The zero-order valence-electron chi connectivity index (χ0n) is 9.83. The van der Waals surface area contributed by atoms with Crippen LogP contribution in [0, 0.1) is 5.82 Å². The van der Waals surface area contributed by atoms with E-state index < -0.39 is 0 Å². The summed E-state index contributed by atoms with van der Waals surface area (Å²) in [6.45, 7) is 4.05. The van der Waals surface area contributed by atoms with Gasteiger partial charge in [0.2, 0.25) is 0 Å². The molecule has 1 aromatic carbocycles. The van der Waals surface area contributed by atoms with Crippen LogP contribution in [-0.2, 0) is 0 Å². The summed E-state index contributed by atoms with van der Waals surface area (Å²) in [5.41, 5.74) is 3.96. The molecule has 0 radical (unpaired) electrons. The molecule has 1 unspecified atom stereocenters. The van der Waals surface area contributed by atoms with Crippen molar-refractivity contribution >= 4 is 21.4 Å². The number of hydrogen-bond acceptors (Lipinski definition) is 3. The Bertz CT molecular complexity index is 556. The lowest BCUT2D eigenvalue weighted by Crippen LogP contribution is -2.26. The first kappa shape index (κ1) is 12.2. The lowest BCUT2D eigenvalue weighted by atomic mass is 10.1. The number of benzene rings is 1. The van der Waals surface area contributed by atoms with Crippen LogP contribution in [0.1, 0.15) is 24.8 Å². The highest BCUT2D eigenvalue weighted by atomic mass is 32.1. The fourth-order valence-electron chi connectivity index (χ4n) is 1.73. The molecule has 2 nitrogen and oxygen atoms in total. The van der Waals surface area contributed by atoms with Crippen molar-refractivity contribution in [3.8, 4) is 0 Å². The summed E-state index contributed by atoms with van der Waals surface area (Å²) in [7, 11) is 0. The number of allylic oxidation sites excluding steroid dienone is 1. The molecule has 0 aliphatic rings. The molecule has 0 aliphatic heterocycles. The number of rotatable bonds is 3. The van der Waals surface area contributed by atoms with E-state index in [2.05, 4.69) is 11.5 Å². The molecular formula is C13H15FN2S. The molecule has 0 fully saturated rings. The highest BCUT2D eigenvalue weighted by molar-refractivity contribution is 7.19. The average molecular weight is 250 g/mol. The largest absolute Gasteiger partial charge is 0.271 e. The van der Waals surface area contributed by atoms with Crippen molar-refractivity contribution in [1.29, 1.82) is 0 Å². The maximum Gasteiger partial charge on any atom is 0.123 e. The van der Waals surface area contributed by atoms with Gasteiger partial charge in [-0.25, -0.2) is 9.82 Å². The van der Waals surface area contributed by atoms with Crippen molar-refractivity contribution in [2.45, 2.75) is 19.9 Å². The average Bonchev–Trinajstić information content (AvgIpc) is 2.68. The van der Waals surface area contributed by atoms with Gasteiger partial charge in [0.05, 0.1) is 6.04 Å². The van der Waals surface area contributed by atoms with Crippen LogP contribution in [0.5, 0.6) is 0 Å². The molecule has 3 N–H and O–H groups in total. The van der Waals surface area contributed by atoms with Crippen LogP contribution in [-0.4, -0.2) is 0 Å². The summed E-state index contributed by atoms with van der Waals surface area (Å²) >= 11 is 1.63. The van der Waals surface area contributed by atoms with Crippen LogP contribution in [0.15, 0.2) is 35.9 Å². The van der Waals surface area contributed by atoms with E-state index in [0.717, 1.165) is 15.0 Å². The van der Waals surface area contributed by atoms with Gasteiger partial charge < -0.3 is 0 Å². The molecule has 90 valence electrons. The smallest absolute Gasteiger partial charge is 0.123 e. The van der Waals surface area contributed by atoms with Gasteiger partial charge in [-0.05, 0) is 43.5 Å². The lowest BCUT2D eigenvalue weighted by Gasteiger charge is -2.09. The lowest BCUT2D eigenvalue weighted by molar-refractivity contribution is 0.630. The maximum atomic E-state index is 13.1. The first-order chi connectivity index (χ1) is 8.10. The third-order valence-corrected chi connectivity index (χ3v) is 3.68. The van der Waals surface area contributed by atoms with Crippen LogP contribution in [0.25, 0.3) is 10.1 Å². The number of nitrogens with one attached hydrogen (secondary N) is 1. The van der Waals surface area contributed by atoms with E-state index in [0.29, 0.717) is 0 Å². The van der Waals surface area contributed by atoms with Crippen molar-refractivity contribution in [3.63, 3.8) is 0 Å². The summed E-state index contributed by atoms with van der Waals surface area (Å²) in [5, 5.41) is 0.924. The SMILES string of the molecule is CC(C)=CC(NN)c1cc2cc(F)ccc2s1. The Labute approximate surface area is 104 Å². The first-order valence-corrected chi connectivity index (χ1v) is 6.22. The van der Waals surface area contributed by atoms with Crippen LogP contribution < -0.4 is 11.3 Å². The molecule has 0 spiro atoms. The van der Waals surface area contributed by atoms with Crippen molar-refractivity contribution in [2.24, 2.45) is 5.84 Å². The molecule has 2 aromatic rings. The minimum absolute atomic E-state index is 0.0135. The van der Waals surface area contributed by atoms with Gasteiger partial charge in [-0.1, -0.05) is 11.6 Å². The first-order valence-electron chi connectivity index (χ1n) is 5.40. The fraction of sp³-hybridized carbons (Fsp3) is 0.231. The van der Waals surface area contributed by atoms with Gasteiger partial charge in [-0.15, -0.1) is 11.3 Å². The predicted octanol–water partition coefficient (Wildman–Crippen LogP) is 3.51. The molecule has 4 heteroatoms. The van der Waals surface area contributed by atoms with E-state index in [1.54, 1.807) is 23.5 Å². The quantitative estimate of drug-likeness (QED) is 0.497. The Kier molecular flexibility index (Phi) is 3.57. The van der Waals surface area contributed by atoms with Gasteiger partial charge in [0.25, 0.3) is 0 Å². The second-order valence-corrected chi connectivity index (χ2v) is 5.33. The normalized spacial score (nSPS) is 12.7. The number of halogens is 1. The van der Waals surface area contributed by atoms with E-state index in [1.165, 1.54) is 11.6 Å². The fourth-order valence-corrected chi connectivity index (χ4v) is 2.81. The topological polar surface area (TPSA) is 38.0 Å². The molecule has 1 atom stereocenters. The van der Waals surface area contributed by atoms with Gasteiger partial charge >= 0.3 is 0 Å². The molecule has 0 saturated heterocycles. The molecule has 0 saturated carbocycles. The molecule has 1 aromatic heterocycles. The zero-order valence-corrected chi connectivity index (χ0v) is 10.6. The van der Waals surface area contributed by atoms with Gasteiger partial charge in [-0.3, -0.25) is 5.84 Å². The summed E-state index contributed by atoms with van der Waals surface area (Å²) in [4.78, 5) is 1.09. The highest BCUT2D eigenvalue weighted by Gasteiger charge is 2.10. The van der Waals surface area contributed by atoms with Gasteiger partial charge in [0, 0.05) is 9.58 Å². The molecule has 0 bridgehead atoms. The maximum absolute atomic E-state index is 13.1. The van der Waals surface area contributed by atoms with E-state index in [4.69, 9.17) is 5.84 Å². The number of thiophene rings is 1. The highest BCUT2D eigenvalue weighted by Crippen LogP contribution is 2.31. The minimum Gasteiger partial charge on any atom is -0.271 e. The molecule has 17 heavy (non-hydrogen) atoms. The monoisotopic (exact) mass is 250 g/mol.